The number of rotatable bonds is 7. The van der Waals surface area contributed by atoms with Crippen LogP contribution in [-0.2, 0) is 19.4 Å². The number of carbonyl (C=O) groups is 1. The largest absolute Gasteiger partial charge is 0.466 e. The molecule has 10 heteroatoms. The van der Waals surface area contributed by atoms with Crippen LogP contribution in [0.25, 0.3) is 10.9 Å². The van der Waals surface area contributed by atoms with Crippen LogP contribution in [0.4, 0.5) is 0 Å². The summed E-state index contributed by atoms with van der Waals surface area (Å²) in [5, 5.41) is 1.92. The highest BCUT2D eigenvalue weighted by molar-refractivity contribution is 8.15. The number of H-pyrrole nitrogens is 1. The second-order valence-electron chi connectivity index (χ2n) is 7.49. The van der Waals surface area contributed by atoms with Crippen molar-refractivity contribution >= 4 is 43.5 Å². The average Bonchev–Trinajstić information content (AvgIpc) is 3.35. The van der Waals surface area contributed by atoms with Gasteiger partial charge in [0.05, 0.1) is 31.5 Å². The molecule has 0 aliphatic carbocycles. The summed E-state index contributed by atoms with van der Waals surface area (Å²) in [5.74, 6) is 0.870. The molecule has 8 nitrogen and oxygen atoms in total. The lowest BCUT2D eigenvalue weighted by atomic mass is 10.1. The predicted octanol–water partition coefficient (Wildman–Crippen LogP) is 3.88. The minimum atomic E-state index is -3.36. The summed E-state index contributed by atoms with van der Waals surface area (Å²) < 4.78 is 34.1. The van der Waals surface area contributed by atoms with E-state index in [0.717, 1.165) is 33.5 Å². The second-order valence-corrected chi connectivity index (χ2v) is 10.7. The Morgan fingerprint density at radius 1 is 1.25 bits per heavy atom. The van der Waals surface area contributed by atoms with E-state index in [4.69, 9.17) is 9.47 Å². The standard InChI is InChI=1S/C22H23N3O5S2/c1-4-29-20(26)10-17-12-24-22(31-17)18-9-14-8-16(7-13(2)21(14)25-18)30-15-5-6-19(23-11-15)32(3,27)28/h5-9,11,17,25H,4,10,12H2,1-3H3. The van der Waals surface area contributed by atoms with Gasteiger partial charge in [-0.25, -0.2) is 13.4 Å². The minimum Gasteiger partial charge on any atom is -0.466 e. The van der Waals surface area contributed by atoms with E-state index >= 15 is 0 Å². The number of nitrogens with one attached hydrogen (secondary N) is 1. The molecular weight excluding hydrogens is 450 g/mol. The number of thioether (sulfide) groups is 1. The number of hydrogen-bond donors (Lipinski definition) is 1. The van der Waals surface area contributed by atoms with Gasteiger partial charge in [0.15, 0.2) is 14.9 Å². The lowest BCUT2D eigenvalue weighted by Crippen LogP contribution is -2.14. The van der Waals surface area contributed by atoms with Crippen molar-refractivity contribution in [1.82, 2.24) is 9.97 Å². The van der Waals surface area contributed by atoms with Crippen LogP contribution in [0.15, 0.2) is 46.5 Å². The molecule has 32 heavy (non-hydrogen) atoms. The highest BCUT2D eigenvalue weighted by Crippen LogP contribution is 2.33. The maximum atomic E-state index is 11.7. The second kappa shape index (κ2) is 8.95. The Labute approximate surface area is 190 Å². The first-order valence-corrected chi connectivity index (χ1v) is 12.8. The molecule has 1 aliphatic heterocycles. The first kappa shape index (κ1) is 22.3. The van der Waals surface area contributed by atoms with Gasteiger partial charge in [-0.15, -0.1) is 0 Å². The molecule has 1 N–H and O–H groups in total. The minimum absolute atomic E-state index is 0.00265. The van der Waals surface area contributed by atoms with E-state index in [1.807, 2.05) is 25.1 Å². The fourth-order valence-corrected chi connectivity index (χ4v) is 5.06. The van der Waals surface area contributed by atoms with Crippen LogP contribution >= 0.6 is 11.8 Å². The maximum absolute atomic E-state index is 11.7. The van der Waals surface area contributed by atoms with Crippen molar-refractivity contribution in [3.05, 3.63) is 47.8 Å². The Kier molecular flexibility index (Phi) is 6.25. The Morgan fingerprint density at radius 2 is 2.06 bits per heavy atom. The normalized spacial score (nSPS) is 16.2. The number of pyridine rings is 1. The number of hydrogen-bond acceptors (Lipinski definition) is 8. The van der Waals surface area contributed by atoms with Gasteiger partial charge in [0.1, 0.15) is 16.5 Å². The van der Waals surface area contributed by atoms with Crippen LogP contribution in [0.3, 0.4) is 0 Å². The van der Waals surface area contributed by atoms with E-state index in [1.54, 1.807) is 24.8 Å². The molecule has 1 aromatic carbocycles. The van der Waals surface area contributed by atoms with Gasteiger partial charge in [-0.05, 0) is 49.7 Å². The van der Waals surface area contributed by atoms with E-state index in [1.165, 1.54) is 12.3 Å². The molecule has 1 atom stereocenters. The highest BCUT2D eigenvalue weighted by Gasteiger charge is 2.25. The molecule has 0 fully saturated rings. The lowest BCUT2D eigenvalue weighted by molar-refractivity contribution is -0.143. The number of fused-ring (bicyclic) bond motifs is 1. The van der Waals surface area contributed by atoms with Gasteiger partial charge in [0.25, 0.3) is 0 Å². The van der Waals surface area contributed by atoms with Crippen LogP contribution in [-0.4, -0.2) is 54.1 Å². The van der Waals surface area contributed by atoms with Gasteiger partial charge in [-0.2, -0.15) is 0 Å². The monoisotopic (exact) mass is 473 g/mol. The molecule has 4 rings (SSSR count). The molecule has 2 aromatic heterocycles. The highest BCUT2D eigenvalue weighted by atomic mass is 32.2. The van der Waals surface area contributed by atoms with Gasteiger partial charge < -0.3 is 14.5 Å². The van der Waals surface area contributed by atoms with E-state index in [9.17, 15) is 13.2 Å². The molecule has 0 saturated carbocycles. The number of sulfone groups is 1. The summed E-state index contributed by atoms with van der Waals surface area (Å²) in [6, 6.07) is 8.83. The number of aromatic nitrogens is 2. The van der Waals surface area contributed by atoms with E-state index in [0.29, 0.717) is 31.1 Å². The zero-order valence-electron chi connectivity index (χ0n) is 17.9. The number of ether oxygens (including phenoxy) is 2. The molecule has 0 bridgehead atoms. The molecular formula is C22H23N3O5S2. The molecule has 0 amide bonds. The van der Waals surface area contributed by atoms with Gasteiger partial charge in [-0.3, -0.25) is 9.79 Å². The maximum Gasteiger partial charge on any atom is 0.306 e. The van der Waals surface area contributed by atoms with E-state index < -0.39 is 9.84 Å². The van der Waals surface area contributed by atoms with Crippen LogP contribution in [0.5, 0.6) is 11.5 Å². The van der Waals surface area contributed by atoms with E-state index in [-0.39, 0.29) is 16.2 Å². The molecule has 3 heterocycles. The Hall–Kier alpha value is -2.85. The Balaban J connectivity index is 1.51. The molecule has 1 unspecified atom stereocenters. The van der Waals surface area contributed by atoms with Gasteiger partial charge in [0, 0.05) is 22.4 Å². The van der Waals surface area contributed by atoms with Gasteiger partial charge in [0.2, 0.25) is 0 Å². The Bertz CT molecular complexity index is 1300. The van der Waals surface area contributed by atoms with Crippen molar-refractivity contribution < 1.29 is 22.7 Å². The van der Waals surface area contributed by atoms with Crippen molar-refractivity contribution in [1.29, 1.82) is 0 Å². The molecule has 3 aromatic rings. The first-order chi connectivity index (χ1) is 15.2. The molecule has 1 aliphatic rings. The summed E-state index contributed by atoms with van der Waals surface area (Å²) in [4.78, 5) is 23.7. The zero-order chi connectivity index (χ0) is 22.9. The topological polar surface area (TPSA) is 111 Å². The lowest BCUT2D eigenvalue weighted by Gasteiger charge is -2.07. The van der Waals surface area contributed by atoms with Crippen LogP contribution in [0.1, 0.15) is 24.6 Å². The average molecular weight is 474 g/mol. The summed E-state index contributed by atoms with van der Waals surface area (Å²) >= 11 is 1.58. The predicted molar refractivity (Wildman–Crippen MR) is 124 cm³/mol. The first-order valence-electron chi connectivity index (χ1n) is 10.1. The molecule has 0 radical (unpaired) electrons. The Morgan fingerprint density at radius 3 is 2.75 bits per heavy atom. The number of aryl methyl sites for hydroxylation is 1. The quantitative estimate of drug-likeness (QED) is 0.518. The number of benzene rings is 1. The summed E-state index contributed by atoms with van der Waals surface area (Å²) in [5.41, 5.74) is 2.88. The van der Waals surface area contributed by atoms with Crippen LogP contribution < -0.4 is 4.74 Å². The number of carbonyl (C=O) groups excluding carboxylic acids is 1. The third-order valence-corrected chi connectivity index (χ3v) is 7.09. The number of esters is 1. The molecule has 0 saturated heterocycles. The summed E-state index contributed by atoms with van der Waals surface area (Å²) in [6.07, 6.45) is 2.85. The van der Waals surface area contributed by atoms with Crippen molar-refractivity contribution in [3.8, 4) is 11.5 Å². The summed E-state index contributed by atoms with van der Waals surface area (Å²) in [6.45, 7) is 4.74. The third kappa shape index (κ3) is 4.97. The SMILES string of the molecule is CCOC(=O)CC1CN=C(c2cc3cc(Oc4ccc(S(C)(=O)=O)nc4)cc(C)c3[nH]2)S1. The van der Waals surface area contributed by atoms with Crippen molar-refractivity contribution in [2.75, 3.05) is 19.4 Å². The molecule has 168 valence electrons. The van der Waals surface area contributed by atoms with Crippen LogP contribution in [0, 0.1) is 6.92 Å². The fraction of sp³-hybridized carbons (Fsp3) is 0.318. The van der Waals surface area contributed by atoms with Crippen LogP contribution in [0.2, 0.25) is 0 Å². The van der Waals surface area contributed by atoms with Crippen molar-refractivity contribution in [2.24, 2.45) is 4.99 Å². The molecule has 0 spiro atoms. The van der Waals surface area contributed by atoms with Gasteiger partial charge in [-0.1, -0.05) is 11.8 Å². The smallest absolute Gasteiger partial charge is 0.306 e. The van der Waals surface area contributed by atoms with Gasteiger partial charge >= 0.3 is 5.97 Å². The number of aromatic amines is 1. The van der Waals surface area contributed by atoms with Crippen molar-refractivity contribution in [3.63, 3.8) is 0 Å². The zero-order valence-corrected chi connectivity index (χ0v) is 19.5. The number of nitrogens with zero attached hydrogens (tertiary/aromatic N) is 2. The number of aliphatic imine (C=N–C) groups is 1. The fourth-order valence-electron chi connectivity index (χ4n) is 3.43. The summed E-state index contributed by atoms with van der Waals surface area (Å²) in [7, 11) is -3.36. The third-order valence-electron chi connectivity index (χ3n) is 4.87. The van der Waals surface area contributed by atoms with Crippen molar-refractivity contribution in [2.45, 2.75) is 30.5 Å². The van der Waals surface area contributed by atoms with E-state index in [2.05, 4.69) is 15.0 Å².